The van der Waals surface area contributed by atoms with Crippen molar-refractivity contribution in [3.8, 4) is 0 Å². The molecular weight excluding hydrogens is 270 g/mol. The molecule has 0 bridgehead atoms. The summed E-state index contributed by atoms with van der Waals surface area (Å²) in [4.78, 5) is 12.6. The van der Waals surface area contributed by atoms with Crippen molar-refractivity contribution < 1.29 is 23.7 Å². The quantitative estimate of drug-likeness (QED) is 0.617. The van der Waals surface area contributed by atoms with Crippen LogP contribution in [0.3, 0.4) is 0 Å². The Hall–Kier alpha value is -0.863. The Morgan fingerprint density at radius 1 is 0.857 bits per heavy atom. The molecule has 0 fully saturated rings. The van der Waals surface area contributed by atoms with Gasteiger partial charge in [-0.2, -0.15) is 0 Å². The van der Waals surface area contributed by atoms with E-state index in [0.717, 1.165) is 22.0 Å². The molecule has 0 aliphatic heterocycles. The summed E-state index contributed by atoms with van der Waals surface area (Å²) < 4.78 is 0. The van der Waals surface area contributed by atoms with E-state index in [1.165, 1.54) is 16.7 Å². The van der Waals surface area contributed by atoms with Crippen LogP contribution in [0.2, 0.25) is 0 Å². The normalized spacial score (nSPS) is 10.7. The molecule has 104 valence electrons. The van der Waals surface area contributed by atoms with Gasteiger partial charge in [-0.3, -0.25) is 4.79 Å². The van der Waals surface area contributed by atoms with E-state index < -0.39 is 0 Å². The number of carbonyl (C=O) groups is 1. The molecule has 0 saturated carbocycles. The van der Waals surface area contributed by atoms with Crippen LogP contribution in [-0.2, 0) is 0 Å². The van der Waals surface area contributed by atoms with Gasteiger partial charge in [-0.1, -0.05) is 35.9 Å². The SMILES string of the molecule is Cc1ccc(PC(=O)c2c(C)cc(C)c(C)c2C)cc1.[Li+]. The van der Waals surface area contributed by atoms with E-state index in [0.29, 0.717) is 0 Å². The number of hydrogen-bond acceptors (Lipinski definition) is 1. The van der Waals surface area contributed by atoms with Crippen molar-refractivity contribution in [2.75, 3.05) is 0 Å². The van der Waals surface area contributed by atoms with Gasteiger partial charge >= 0.3 is 18.9 Å². The van der Waals surface area contributed by atoms with E-state index in [9.17, 15) is 4.79 Å². The number of rotatable bonds is 3. The van der Waals surface area contributed by atoms with Crippen LogP contribution in [0.15, 0.2) is 30.3 Å². The molecule has 1 unspecified atom stereocenters. The molecule has 0 aromatic heterocycles. The maximum absolute atomic E-state index is 12.6. The van der Waals surface area contributed by atoms with E-state index in [4.69, 9.17) is 0 Å². The van der Waals surface area contributed by atoms with Crippen molar-refractivity contribution in [3.63, 3.8) is 0 Å². The average Bonchev–Trinajstić information content (AvgIpc) is 2.39. The molecule has 0 saturated heterocycles. The van der Waals surface area contributed by atoms with Gasteiger partial charge in [0.2, 0.25) is 0 Å². The van der Waals surface area contributed by atoms with Gasteiger partial charge in [0.05, 0.1) is 0 Å². The average molecular weight is 291 g/mol. The van der Waals surface area contributed by atoms with Crippen molar-refractivity contribution in [3.05, 3.63) is 63.7 Å². The minimum absolute atomic E-state index is 0. The van der Waals surface area contributed by atoms with Crippen molar-refractivity contribution in [1.29, 1.82) is 0 Å². The van der Waals surface area contributed by atoms with E-state index >= 15 is 0 Å². The second-order valence-corrected chi connectivity index (χ2v) is 6.74. The summed E-state index contributed by atoms with van der Waals surface area (Å²) in [5.74, 6) is 0. The minimum Gasteiger partial charge on any atom is -0.289 e. The maximum atomic E-state index is 12.6. The Labute approximate surface area is 141 Å². The molecule has 2 aromatic carbocycles. The Morgan fingerprint density at radius 3 is 2.00 bits per heavy atom. The summed E-state index contributed by atoms with van der Waals surface area (Å²) in [5, 5.41) is 1.11. The van der Waals surface area contributed by atoms with Gasteiger partial charge in [-0.25, -0.2) is 0 Å². The molecule has 0 aliphatic rings. The standard InChI is InChI=1S/C18H21OP.Li/c1-11-6-8-16(9-7-11)20-18(19)17-13(3)10-12(2)14(4)15(17)5;/h6-10,20H,1-5H3;/q;+1. The largest absolute Gasteiger partial charge is 1.00 e. The van der Waals surface area contributed by atoms with Gasteiger partial charge < -0.3 is 0 Å². The van der Waals surface area contributed by atoms with Crippen LogP contribution < -0.4 is 24.2 Å². The predicted octanol–water partition coefficient (Wildman–Crippen LogP) is 1.38. The molecule has 2 aromatic rings. The molecule has 1 nitrogen and oxygen atoms in total. The smallest absolute Gasteiger partial charge is 0.289 e. The first-order valence-electron chi connectivity index (χ1n) is 6.85. The fourth-order valence-corrected chi connectivity index (χ4v) is 3.57. The predicted molar refractivity (Wildman–Crippen MR) is 88.8 cm³/mol. The first kappa shape index (κ1) is 18.2. The molecule has 1 atom stereocenters. The van der Waals surface area contributed by atoms with Gasteiger partial charge in [0.15, 0.2) is 5.52 Å². The number of benzene rings is 2. The third-order valence-electron chi connectivity index (χ3n) is 3.89. The maximum Gasteiger partial charge on any atom is 1.00 e. The third kappa shape index (κ3) is 4.08. The number of hydrogen-bond donors (Lipinski definition) is 0. The Morgan fingerprint density at radius 2 is 1.43 bits per heavy atom. The molecule has 0 heterocycles. The molecule has 0 aliphatic carbocycles. The van der Waals surface area contributed by atoms with Crippen LogP contribution in [0, 0.1) is 34.6 Å². The van der Waals surface area contributed by atoms with Crippen LogP contribution in [0.5, 0.6) is 0 Å². The van der Waals surface area contributed by atoms with Gasteiger partial charge in [0.1, 0.15) is 0 Å². The Kier molecular flexibility index (Phi) is 6.42. The van der Waals surface area contributed by atoms with Crippen molar-refractivity contribution in [1.82, 2.24) is 0 Å². The summed E-state index contributed by atoms with van der Waals surface area (Å²) in [5.41, 5.74) is 7.09. The topological polar surface area (TPSA) is 17.1 Å². The zero-order valence-electron chi connectivity index (χ0n) is 13.8. The number of aryl methyl sites for hydroxylation is 3. The molecule has 3 heteroatoms. The monoisotopic (exact) mass is 291 g/mol. The van der Waals surface area contributed by atoms with Crippen molar-refractivity contribution >= 4 is 19.4 Å². The van der Waals surface area contributed by atoms with Gasteiger partial charge in [-0.15, -0.1) is 0 Å². The fourth-order valence-electron chi connectivity index (χ4n) is 2.46. The summed E-state index contributed by atoms with van der Waals surface area (Å²) in [6.07, 6.45) is 0. The van der Waals surface area contributed by atoms with Gasteiger partial charge in [0, 0.05) is 5.56 Å². The van der Waals surface area contributed by atoms with Crippen molar-refractivity contribution in [2.45, 2.75) is 34.6 Å². The first-order chi connectivity index (χ1) is 9.40. The van der Waals surface area contributed by atoms with E-state index in [-0.39, 0.29) is 33.0 Å². The molecular formula is C18H21LiOP+. The number of carbonyl (C=O) groups excluding carboxylic acids is 1. The molecule has 21 heavy (non-hydrogen) atoms. The second kappa shape index (κ2) is 7.42. The fraction of sp³-hybridized carbons (Fsp3) is 0.278. The Balaban J connectivity index is 0.00000220. The van der Waals surface area contributed by atoms with Gasteiger partial charge in [-0.05, 0) is 70.8 Å². The zero-order valence-corrected chi connectivity index (χ0v) is 14.8. The first-order valence-corrected chi connectivity index (χ1v) is 7.85. The summed E-state index contributed by atoms with van der Waals surface area (Å²) in [6, 6.07) is 10.4. The minimum atomic E-state index is 0. The van der Waals surface area contributed by atoms with Crippen LogP contribution in [0.1, 0.15) is 38.2 Å². The van der Waals surface area contributed by atoms with Crippen LogP contribution >= 0.6 is 8.58 Å². The molecule has 2 rings (SSSR count). The van der Waals surface area contributed by atoms with E-state index in [1.54, 1.807) is 0 Å². The zero-order chi connectivity index (χ0) is 14.9. The van der Waals surface area contributed by atoms with Gasteiger partial charge in [0.25, 0.3) is 0 Å². The second-order valence-electron chi connectivity index (χ2n) is 5.46. The summed E-state index contributed by atoms with van der Waals surface area (Å²) in [6.45, 7) is 10.3. The van der Waals surface area contributed by atoms with Crippen molar-refractivity contribution in [2.24, 2.45) is 0 Å². The molecule has 0 spiro atoms. The van der Waals surface area contributed by atoms with E-state index in [2.05, 4.69) is 58.0 Å². The summed E-state index contributed by atoms with van der Waals surface area (Å²) >= 11 is 0. The molecule has 0 radical (unpaired) electrons. The molecule has 0 amide bonds. The van der Waals surface area contributed by atoms with Crippen LogP contribution in [0.4, 0.5) is 0 Å². The van der Waals surface area contributed by atoms with Crippen LogP contribution in [-0.4, -0.2) is 5.52 Å². The third-order valence-corrected chi connectivity index (χ3v) is 4.99. The van der Waals surface area contributed by atoms with E-state index in [1.807, 2.05) is 6.92 Å². The Bertz CT molecular complexity index is 660. The molecule has 0 N–H and O–H groups in total. The van der Waals surface area contributed by atoms with Crippen LogP contribution in [0.25, 0.3) is 0 Å². The summed E-state index contributed by atoms with van der Waals surface area (Å²) in [7, 11) is 0.199.